The number of rotatable bonds is 11. The Morgan fingerprint density at radius 2 is 1.07 bits per heavy atom. The van der Waals surface area contributed by atoms with Crippen LogP contribution < -0.4 is 20.4 Å². The summed E-state index contributed by atoms with van der Waals surface area (Å²) in [6, 6.07) is 15.0. The minimum atomic E-state index is 0.675. The van der Waals surface area contributed by atoms with E-state index in [1.165, 1.54) is 0 Å². The molecule has 0 saturated carbocycles. The van der Waals surface area contributed by atoms with E-state index in [9.17, 15) is 10.4 Å². The van der Waals surface area contributed by atoms with Gasteiger partial charge in [0.2, 0.25) is 0 Å². The van der Waals surface area contributed by atoms with Crippen molar-refractivity contribution in [1.29, 1.82) is 0 Å². The largest absolute Gasteiger partial charge is 0.497 e. The molecule has 0 aliphatic carbocycles. The van der Waals surface area contributed by atoms with Gasteiger partial charge in [0.05, 0.1) is 25.6 Å². The highest BCUT2D eigenvalue weighted by Crippen LogP contribution is 2.19. The Labute approximate surface area is 166 Å². The molecule has 2 rings (SSSR count). The number of benzene rings is 2. The lowest BCUT2D eigenvalue weighted by molar-refractivity contribution is 0.224. The first-order valence-corrected chi connectivity index (χ1v) is 9.21. The lowest BCUT2D eigenvalue weighted by Crippen LogP contribution is -2.05. The van der Waals surface area contributed by atoms with Crippen LogP contribution in [0.1, 0.15) is 36.8 Å². The standard InChI is InChI=1S/C22H28N2O4/c1-27-19-13-9-17(10-14-19)21(23-25)7-5-3-4-6-8-22(24-26)18-11-15-20(28-2)16-12-18/h7-16,23-26H,3-6H2,1-2H3/b21-7-,22-8+. The van der Waals surface area contributed by atoms with Crippen molar-refractivity contribution in [3.63, 3.8) is 0 Å². The fourth-order valence-electron chi connectivity index (χ4n) is 2.78. The second kappa shape index (κ2) is 11.7. The third-order valence-electron chi connectivity index (χ3n) is 4.40. The summed E-state index contributed by atoms with van der Waals surface area (Å²) in [6.07, 6.45) is 7.51. The van der Waals surface area contributed by atoms with Crippen molar-refractivity contribution in [1.82, 2.24) is 11.0 Å². The number of ether oxygens (including phenoxy) is 2. The quantitative estimate of drug-likeness (QED) is 0.335. The van der Waals surface area contributed by atoms with Crippen LogP contribution in [-0.2, 0) is 0 Å². The average molecular weight is 384 g/mol. The summed E-state index contributed by atoms with van der Waals surface area (Å²) in [5, 5.41) is 18.7. The second-order valence-electron chi connectivity index (χ2n) is 6.20. The molecule has 0 fully saturated rings. The molecule has 0 atom stereocenters. The van der Waals surface area contributed by atoms with E-state index in [-0.39, 0.29) is 0 Å². The van der Waals surface area contributed by atoms with Crippen LogP contribution in [0, 0.1) is 0 Å². The lowest BCUT2D eigenvalue weighted by Gasteiger charge is -2.08. The molecule has 0 aliphatic heterocycles. The first kappa shape index (κ1) is 21.3. The van der Waals surface area contributed by atoms with E-state index < -0.39 is 0 Å². The van der Waals surface area contributed by atoms with Gasteiger partial charge in [-0.25, -0.2) is 0 Å². The summed E-state index contributed by atoms with van der Waals surface area (Å²) in [5.41, 5.74) is 7.67. The Kier molecular flexibility index (Phi) is 8.91. The number of allylic oxidation sites excluding steroid dienone is 2. The molecule has 28 heavy (non-hydrogen) atoms. The van der Waals surface area contributed by atoms with Crippen molar-refractivity contribution in [2.45, 2.75) is 25.7 Å². The second-order valence-corrected chi connectivity index (χ2v) is 6.20. The normalized spacial score (nSPS) is 11.9. The minimum absolute atomic E-state index is 0.675. The molecule has 2 aromatic rings. The van der Waals surface area contributed by atoms with E-state index in [0.29, 0.717) is 11.4 Å². The molecule has 0 heterocycles. The van der Waals surface area contributed by atoms with Crippen LogP contribution in [0.25, 0.3) is 11.4 Å². The maximum absolute atomic E-state index is 9.37. The van der Waals surface area contributed by atoms with Crippen molar-refractivity contribution < 1.29 is 19.9 Å². The zero-order valence-electron chi connectivity index (χ0n) is 16.3. The molecule has 0 saturated heterocycles. The molecule has 0 aliphatic rings. The monoisotopic (exact) mass is 384 g/mol. The van der Waals surface area contributed by atoms with Crippen molar-refractivity contribution in [2.24, 2.45) is 0 Å². The Bertz CT molecular complexity index is 701. The maximum Gasteiger partial charge on any atom is 0.118 e. The smallest absolute Gasteiger partial charge is 0.118 e. The number of methoxy groups -OCH3 is 2. The molecule has 0 unspecified atom stereocenters. The number of unbranched alkanes of at least 4 members (excludes halogenated alkanes) is 3. The molecule has 6 heteroatoms. The van der Waals surface area contributed by atoms with Gasteiger partial charge in [0.15, 0.2) is 0 Å². The summed E-state index contributed by atoms with van der Waals surface area (Å²) in [7, 11) is 3.24. The highest BCUT2D eigenvalue weighted by Gasteiger charge is 2.02. The number of hydrogen-bond acceptors (Lipinski definition) is 6. The van der Waals surface area contributed by atoms with Gasteiger partial charge in [-0.1, -0.05) is 12.2 Å². The molecular formula is C22H28N2O4. The Balaban J connectivity index is 1.83. The molecule has 4 N–H and O–H groups in total. The summed E-state index contributed by atoms with van der Waals surface area (Å²) >= 11 is 0. The molecule has 2 aromatic carbocycles. The van der Waals surface area contributed by atoms with E-state index in [0.717, 1.165) is 48.3 Å². The van der Waals surface area contributed by atoms with Crippen LogP contribution in [0.15, 0.2) is 60.7 Å². The van der Waals surface area contributed by atoms with Gasteiger partial charge in [0.25, 0.3) is 0 Å². The number of nitrogens with one attached hydrogen (secondary N) is 2. The van der Waals surface area contributed by atoms with Gasteiger partial charge >= 0.3 is 0 Å². The van der Waals surface area contributed by atoms with Crippen LogP contribution in [0.4, 0.5) is 0 Å². The highest BCUT2D eigenvalue weighted by molar-refractivity contribution is 5.64. The van der Waals surface area contributed by atoms with Gasteiger partial charge in [0, 0.05) is 0 Å². The van der Waals surface area contributed by atoms with Gasteiger partial charge in [-0.3, -0.25) is 21.4 Å². The molecule has 0 radical (unpaired) electrons. The Morgan fingerprint density at radius 1 is 0.714 bits per heavy atom. The van der Waals surface area contributed by atoms with Gasteiger partial charge in [-0.15, -0.1) is 0 Å². The van der Waals surface area contributed by atoms with E-state index in [2.05, 4.69) is 11.0 Å². The minimum Gasteiger partial charge on any atom is -0.497 e. The lowest BCUT2D eigenvalue weighted by atomic mass is 10.1. The average Bonchev–Trinajstić information content (AvgIpc) is 2.76. The van der Waals surface area contributed by atoms with E-state index >= 15 is 0 Å². The zero-order valence-corrected chi connectivity index (χ0v) is 16.3. The molecule has 0 amide bonds. The van der Waals surface area contributed by atoms with E-state index in [1.54, 1.807) is 14.2 Å². The van der Waals surface area contributed by atoms with Crippen LogP contribution in [0.3, 0.4) is 0 Å². The molecule has 6 nitrogen and oxygen atoms in total. The van der Waals surface area contributed by atoms with Crippen LogP contribution >= 0.6 is 0 Å². The van der Waals surface area contributed by atoms with Gasteiger partial charge in [-0.05, 0) is 85.3 Å². The first-order chi connectivity index (χ1) is 13.7. The van der Waals surface area contributed by atoms with Crippen LogP contribution in [0.2, 0.25) is 0 Å². The number of hydrogen-bond donors (Lipinski definition) is 4. The topological polar surface area (TPSA) is 83.0 Å². The van der Waals surface area contributed by atoms with Gasteiger partial charge in [-0.2, -0.15) is 0 Å². The summed E-state index contributed by atoms with van der Waals surface area (Å²) < 4.78 is 10.3. The predicted molar refractivity (Wildman–Crippen MR) is 110 cm³/mol. The molecule has 0 bridgehead atoms. The highest BCUT2D eigenvalue weighted by atomic mass is 16.5. The van der Waals surface area contributed by atoms with E-state index in [1.807, 2.05) is 60.7 Å². The molecule has 0 spiro atoms. The van der Waals surface area contributed by atoms with Crippen LogP contribution in [-0.4, -0.2) is 24.6 Å². The zero-order chi connectivity index (χ0) is 20.2. The van der Waals surface area contributed by atoms with Crippen molar-refractivity contribution in [3.05, 3.63) is 71.8 Å². The van der Waals surface area contributed by atoms with Gasteiger partial charge < -0.3 is 9.47 Å². The summed E-state index contributed by atoms with van der Waals surface area (Å²) in [6.45, 7) is 0. The van der Waals surface area contributed by atoms with E-state index in [4.69, 9.17) is 9.47 Å². The Hall–Kier alpha value is -2.96. The maximum atomic E-state index is 9.37. The Morgan fingerprint density at radius 3 is 1.36 bits per heavy atom. The molecule has 150 valence electrons. The first-order valence-electron chi connectivity index (χ1n) is 9.21. The third-order valence-corrected chi connectivity index (χ3v) is 4.40. The van der Waals surface area contributed by atoms with Gasteiger partial charge in [0.1, 0.15) is 11.5 Å². The SMILES string of the molecule is COc1ccc(/C(=C/CCCC/C=C(/NO)c2ccc(OC)cc2)NO)cc1. The third kappa shape index (κ3) is 6.33. The fraction of sp³-hybridized carbons (Fsp3) is 0.273. The fourth-order valence-corrected chi connectivity index (χ4v) is 2.78. The number of hydroxylamine groups is 2. The molecular weight excluding hydrogens is 356 g/mol. The van der Waals surface area contributed by atoms with Crippen molar-refractivity contribution in [2.75, 3.05) is 14.2 Å². The predicted octanol–water partition coefficient (Wildman–Crippen LogP) is 4.60. The summed E-state index contributed by atoms with van der Waals surface area (Å²) in [5.74, 6) is 1.55. The summed E-state index contributed by atoms with van der Waals surface area (Å²) in [4.78, 5) is 0. The van der Waals surface area contributed by atoms with Crippen molar-refractivity contribution >= 4 is 11.4 Å². The van der Waals surface area contributed by atoms with Crippen molar-refractivity contribution in [3.8, 4) is 11.5 Å². The molecule has 0 aromatic heterocycles. The van der Waals surface area contributed by atoms with Crippen LogP contribution in [0.5, 0.6) is 11.5 Å².